The van der Waals surface area contributed by atoms with Crippen molar-refractivity contribution >= 4 is 33.9 Å². The maximum Gasteiger partial charge on any atom is 0.416 e. The lowest BCUT2D eigenvalue weighted by molar-refractivity contribution is -0.137. The molecular weight excluding hydrogens is 503 g/mol. The van der Waals surface area contributed by atoms with E-state index in [4.69, 9.17) is 0 Å². The monoisotopic (exact) mass is 533 g/mol. The number of aromatic nitrogens is 1. The molecular formula is C26H30F3N5O2S. The van der Waals surface area contributed by atoms with Crippen LogP contribution in [0.1, 0.15) is 30.5 Å². The van der Waals surface area contributed by atoms with E-state index >= 15 is 0 Å². The maximum absolute atomic E-state index is 12.8. The lowest BCUT2D eigenvalue weighted by Crippen LogP contribution is -2.40. The van der Waals surface area contributed by atoms with Crippen molar-refractivity contribution in [2.45, 2.75) is 36.9 Å². The number of hydrogen-bond donors (Lipinski definition) is 3. The van der Waals surface area contributed by atoms with Gasteiger partial charge in [-0.1, -0.05) is 24.6 Å². The fourth-order valence-electron chi connectivity index (χ4n) is 4.20. The number of nitrogens with zero attached hydrogens (tertiary/aromatic N) is 2. The number of hydrogen-bond acceptors (Lipinski definition) is 6. The van der Waals surface area contributed by atoms with Gasteiger partial charge in [0.15, 0.2) is 4.90 Å². The summed E-state index contributed by atoms with van der Waals surface area (Å²) in [5.74, 6) is -0.0768. The fraction of sp³-hybridized carbons (Fsp3) is 0.385. The highest BCUT2D eigenvalue weighted by Gasteiger charge is 2.30. The number of pyridine rings is 1. The average Bonchev–Trinajstić information content (AvgIpc) is 2.89. The number of carbonyl (C=O) groups is 1. The minimum Gasteiger partial charge on any atom is -0.588 e. The van der Waals surface area contributed by atoms with Gasteiger partial charge in [0.2, 0.25) is 5.91 Å². The number of nitrogens with one attached hydrogen (secondary N) is 3. The van der Waals surface area contributed by atoms with E-state index in [0.717, 1.165) is 37.2 Å². The van der Waals surface area contributed by atoms with Gasteiger partial charge in [-0.2, -0.15) is 13.2 Å². The van der Waals surface area contributed by atoms with E-state index in [1.807, 2.05) is 18.2 Å². The van der Waals surface area contributed by atoms with E-state index in [2.05, 4.69) is 25.2 Å². The Morgan fingerprint density at radius 2 is 1.78 bits per heavy atom. The third-order valence-electron chi connectivity index (χ3n) is 6.17. The normalized spacial score (nSPS) is 15.5. The Kier molecular flexibility index (Phi) is 9.25. The molecule has 198 valence electrons. The van der Waals surface area contributed by atoms with Crippen LogP contribution < -0.4 is 15.4 Å². The molecule has 1 amide bonds. The molecule has 1 saturated heterocycles. The highest BCUT2D eigenvalue weighted by atomic mass is 32.2. The number of para-hydroxylation sites is 1. The van der Waals surface area contributed by atoms with E-state index in [0.29, 0.717) is 30.0 Å². The molecule has 0 radical (unpaired) electrons. The molecule has 3 N–H and O–H groups in total. The molecule has 3 aromatic rings. The molecule has 1 unspecified atom stereocenters. The summed E-state index contributed by atoms with van der Waals surface area (Å²) in [5, 5.41) is 6.85. The number of carbonyl (C=O) groups excluding carboxylic acids is 1. The standard InChI is InChI=1S/C26H30F3N5O2S/c27-26(28,29)20-8-11-22(12-9-20)37(36)33-23-6-4-5-19-7-10-21(32-25(19)23)17-30-18-24(35)31-13-16-34-14-2-1-3-15-34/h4-12,30,33H,1-3,13-18H2,(H,31,35). The number of halogens is 3. The molecule has 1 aliphatic heterocycles. The number of fused-ring (bicyclic) bond motifs is 1. The van der Waals surface area contributed by atoms with Crippen LogP contribution in [0.15, 0.2) is 59.5 Å². The first-order chi connectivity index (χ1) is 17.8. The minimum atomic E-state index is -4.45. The third-order valence-corrected chi connectivity index (χ3v) is 7.27. The Balaban J connectivity index is 1.31. The zero-order chi connectivity index (χ0) is 26.3. The number of piperidine rings is 1. The fourth-order valence-corrected chi connectivity index (χ4v) is 5.06. The molecule has 4 rings (SSSR count). The summed E-state index contributed by atoms with van der Waals surface area (Å²) in [4.78, 5) is 19.4. The second-order valence-corrected chi connectivity index (χ2v) is 10.1. The van der Waals surface area contributed by atoms with E-state index in [1.54, 1.807) is 12.1 Å². The Morgan fingerprint density at radius 3 is 2.51 bits per heavy atom. The van der Waals surface area contributed by atoms with Gasteiger partial charge < -0.3 is 20.1 Å². The molecule has 2 aromatic carbocycles. The molecule has 1 aromatic heterocycles. The highest BCUT2D eigenvalue weighted by Crippen LogP contribution is 2.30. The van der Waals surface area contributed by atoms with Crippen LogP contribution in [0.4, 0.5) is 18.9 Å². The number of alkyl halides is 3. The SMILES string of the molecule is O=C(CNCc1ccc2cccc(N[S+]([O-])c3ccc(C(F)(F)F)cc3)c2n1)NCCN1CCCCC1. The maximum atomic E-state index is 12.8. The summed E-state index contributed by atoms with van der Waals surface area (Å²) in [7, 11) is 0. The summed E-state index contributed by atoms with van der Waals surface area (Å²) in [6.45, 7) is 4.21. The van der Waals surface area contributed by atoms with Gasteiger partial charge in [-0.05, 0) is 62.3 Å². The number of rotatable bonds is 10. The first kappa shape index (κ1) is 27.2. The highest BCUT2D eigenvalue weighted by molar-refractivity contribution is 7.92. The second-order valence-electron chi connectivity index (χ2n) is 8.93. The molecule has 2 heterocycles. The van der Waals surface area contributed by atoms with Gasteiger partial charge in [-0.3, -0.25) is 4.79 Å². The summed E-state index contributed by atoms with van der Waals surface area (Å²) < 4.78 is 54.0. The van der Waals surface area contributed by atoms with Gasteiger partial charge in [0.1, 0.15) is 17.0 Å². The molecule has 1 atom stereocenters. The number of benzene rings is 2. The van der Waals surface area contributed by atoms with E-state index < -0.39 is 23.1 Å². The van der Waals surface area contributed by atoms with Crippen molar-refractivity contribution in [3.63, 3.8) is 0 Å². The topological polar surface area (TPSA) is 92.3 Å². The lowest BCUT2D eigenvalue weighted by Gasteiger charge is -2.26. The van der Waals surface area contributed by atoms with Crippen molar-refractivity contribution < 1.29 is 22.5 Å². The van der Waals surface area contributed by atoms with Crippen LogP contribution >= 0.6 is 0 Å². The van der Waals surface area contributed by atoms with Crippen LogP contribution in [-0.4, -0.2) is 53.1 Å². The molecule has 1 aliphatic rings. The van der Waals surface area contributed by atoms with Crippen LogP contribution in [0.2, 0.25) is 0 Å². The molecule has 7 nitrogen and oxygen atoms in total. The third kappa shape index (κ3) is 7.81. The largest absolute Gasteiger partial charge is 0.588 e. The van der Waals surface area contributed by atoms with Crippen molar-refractivity contribution in [2.24, 2.45) is 0 Å². The van der Waals surface area contributed by atoms with Crippen molar-refractivity contribution in [3.05, 3.63) is 65.9 Å². The Labute approximate surface area is 217 Å². The van der Waals surface area contributed by atoms with Crippen molar-refractivity contribution in [3.8, 4) is 0 Å². The van der Waals surface area contributed by atoms with Gasteiger partial charge in [-0.25, -0.2) is 9.71 Å². The van der Waals surface area contributed by atoms with Crippen LogP contribution in [0.5, 0.6) is 0 Å². The summed E-state index contributed by atoms with van der Waals surface area (Å²) in [5.41, 5.74) is 0.970. The smallest absolute Gasteiger partial charge is 0.416 e. The first-order valence-electron chi connectivity index (χ1n) is 12.2. The van der Waals surface area contributed by atoms with Gasteiger partial charge in [0.05, 0.1) is 23.3 Å². The van der Waals surface area contributed by atoms with E-state index in [9.17, 15) is 22.5 Å². The molecule has 0 bridgehead atoms. The predicted octanol–water partition coefficient (Wildman–Crippen LogP) is 4.08. The lowest BCUT2D eigenvalue weighted by atomic mass is 10.1. The Bertz CT molecular complexity index is 1190. The number of anilines is 1. The van der Waals surface area contributed by atoms with Crippen LogP contribution in [-0.2, 0) is 28.9 Å². The zero-order valence-corrected chi connectivity index (χ0v) is 21.1. The Morgan fingerprint density at radius 1 is 1.03 bits per heavy atom. The number of amides is 1. The van der Waals surface area contributed by atoms with Gasteiger partial charge in [-0.15, -0.1) is 0 Å². The zero-order valence-electron chi connectivity index (χ0n) is 20.3. The minimum absolute atomic E-state index is 0.0768. The summed E-state index contributed by atoms with van der Waals surface area (Å²) in [6, 6.07) is 13.3. The van der Waals surface area contributed by atoms with Crippen molar-refractivity contribution in [2.75, 3.05) is 37.4 Å². The molecule has 0 aliphatic carbocycles. The molecule has 11 heteroatoms. The predicted molar refractivity (Wildman–Crippen MR) is 138 cm³/mol. The van der Waals surface area contributed by atoms with Gasteiger partial charge in [0, 0.05) is 25.0 Å². The molecule has 0 saturated carbocycles. The van der Waals surface area contributed by atoms with Crippen LogP contribution in [0.25, 0.3) is 10.9 Å². The number of likely N-dealkylation sites (tertiary alicyclic amines) is 1. The molecule has 1 fully saturated rings. The quantitative estimate of drug-likeness (QED) is 0.340. The molecule has 37 heavy (non-hydrogen) atoms. The van der Waals surface area contributed by atoms with Crippen LogP contribution in [0.3, 0.4) is 0 Å². The second kappa shape index (κ2) is 12.6. The summed E-state index contributed by atoms with van der Waals surface area (Å²) >= 11 is -1.78. The van der Waals surface area contributed by atoms with Crippen LogP contribution in [0, 0.1) is 0 Å². The van der Waals surface area contributed by atoms with Crippen molar-refractivity contribution in [1.29, 1.82) is 0 Å². The first-order valence-corrected chi connectivity index (χ1v) is 13.4. The van der Waals surface area contributed by atoms with Gasteiger partial charge >= 0.3 is 6.18 Å². The van der Waals surface area contributed by atoms with Gasteiger partial charge in [0.25, 0.3) is 0 Å². The van der Waals surface area contributed by atoms with Crippen molar-refractivity contribution in [1.82, 2.24) is 20.5 Å². The van der Waals surface area contributed by atoms with E-state index in [1.165, 1.54) is 31.4 Å². The molecule has 0 spiro atoms. The average molecular weight is 534 g/mol. The summed E-state index contributed by atoms with van der Waals surface area (Å²) in [6.07, 6.45) is -0.734. The van der Waals surface area contributed by atoms with E-state index in [-0.39, 0.29) is 17.3 Å². The Hall–Kier alpha value is -2.86.